The Balaban J connectivity index is 1.63. The molecule has 2 amide bonds. The fourth-order valence-electron chi connectivity index (χ4n) is 3.96. The first kappa shape index (κ1) is 22.8. The second-order valence-corrected chi connectivity index (χ2v) is 9.16. The molecule has 0 aliphatic carbocycles. The van der Waals surface area contributed by atoms with Crippen molar-refractivity contribution < 1.29 is 18.8 Å². The highest BCUT2D eigenvalue weighted by atomic mass is 16.6. The minimum atomic E-state index is -0.465. The molecule has 0 bridgehead atoms. The zero-order valence-corrected chi connectivity index (χ0v) is 19.2. The Kier molecular flexibility index (Phi) is 7.03. The molecule has 1 N–H and O–H groups in total. The highest BCUT2D eigenvalue weighted by Gasteiger charge is 2.27. The van der Waals surface area contributed by atoms with E-state index in [2.05, 4.69) is 10.5 Å². The normalized spacial score (nSPS) is 15.6. The van der Waals surface area contributed by atoms with Crippen molar-refractivity contribution in [3.63, 3.8) is 0 Å². The summed E-state index contributed by atoms with van der Waals surface area (Å²) in [7, 11) is 0. The summed E-state index contributed by atoms with van der Waals surface area (Å²) in [4.78, 5) is 25.6. The van der Waals surface area contributed by atoms with Crippen molar-refractivity contribution in [2.45, 2.75) is 65.9 Å². The van der Waals surface area contributed by atoms with Crippen molar-refractivity contribution in [2.75, 3.05) is 18.4 Å². The number of piperidine rings is 1. The van der Waals surface area contributed by atoms with E-state index in [-0.39, 0.29) is 12.0 Å². The number of carbonyl (C=O) groups excluding carboxylic acids is 2. The van der Waals surface area contributed by atoms with Gasteiger partial charge in [0.05, 0.1) is 11.4 Å². The molecule has 1 saturated heterocycles. The van der Waals surface area contributed by atoms with E-state index in [9.17, 15) is 9.59 Å². The third-order valence-electron chi connectivity index (χ3n) is 5.45. The zero-order chi connectivity index (χ0) is 22.6. The van der Waals surface area contributed by atoms with Gasteiger partial charge >= 0.3 is 6.09 Å². The number of allylic oxidation sites excluding steroid dienone is 1. The van der Waals surface area contributed by atoms with E-state index in [0.29, 0.717) is 11.5 Å². The standard InChI is InChI=1S/C24H33N3O4/c1-6-7-18-20(25-16(2)28)11-9-19-21(26-31-22(18)19)10-8-17-12-14-27(15-13-17)23(29)30-24(3,4)5/h6-7,9,11,17H,8,10,12-15H2,1-5H3,(H,25,28)/b7-6+. The molecule has 0 atom stereocenters. The third kappa shape index (κ3) is 5.87. The van der Waals surface area contributed by atoms with Gasteiger partial charge in [0.15, 0.2) is 5.58 Å². The molecular formula is C24H33N3O4. The Morgan fingerprint density at radius 3 is 2.61 bits per heavy atom. The predicted octanol–water partition coefficient (Wildman–Crippen LogP) is 5.40. The monoisotopic (exact) mass is 427 g/mol. The summed E-state index contributed by atoms with van der Waals surface area (Å²) in [5.41, 5.74) is 2.71. The summed E-state index contributed by atoms with van der Waals surface area (Å²) in [6, 6.07) is 3.86. The number of amides is 2. The molecular weight excluding hydrogens is 394 g/mol. The lowest BCUT2D eigenvalue weighted by atomic mass is 9.91. The van der Waals surface area contributed by atoms with Crippen LogP contribution in [0.3, 0.4) is 0 Å². The number of hydrogen-bond acceptors (Lipinski definition) is 5. The summed E-state index contributed by atoms with van der Waals surface area (Å²) in [5, 5.41) is 8.15. The average molecular weight is 428 g/mol. The van der Waals surface area contributed by atoms with E-state index in [1.165, 1.54) is 6.92 Å². The summed E-state index contributed by atoms with van der Waals surface area (Å²) in [6.07, 6.45) is 7.36. The van der Waals surface area contributed by atoms with Crippen LogP contribution in [0.15, 0.2) is 22.7 Å². The van der Waals surface area contributed by atoms with Crippen molar-refractivity contribution >= 4 is 34.7 Å². The topological polar surface area (TPSA) is 84.7 Å². The molecule has 2 aromatic rings. The predicted molar refractivity (Wildman–Crippen MR) is 122 cm³/mol. The van der Waals surface area contributed by atoms with E-state index in [1.54, 1.807) is 4.90 Å². The third-order valence-corrected chi connectivity index (χ3v) is 5.45. The number of benzene rings is 1. The van der Waals surface area contributed by atoms with Gasteiger partial charge in [0.1, 0.15) is 5.60 Å². The molecule has 7 nitrogen and oxygen atoms in total. The van der Waals surface area contributed by atoms with E-state index in [1.807, 2.05) is 52.0 Å². The first-order chi connectivity index (χ1) is 14.7. The van der Waals surface area contributed by atoms with Crippen LogP contribution in [0.4, 0.5) is 10.5 Å². The van der Waals surface area contributed by atoms with Gasteiger partial charge < -0.3 is 19.5 Å². The maximum absolute atomic E-state index is 12.2. The van der Waals surface area contributed by atoms with Crippen LogP contribution in [0.25, 0.3) is 17.0 Å². The first-order valence-corrected chi connectivity index (χ1v) is 11.0. The molecule has 0 radical (unpaired) electrons. The van der Waals surface area contributed by atoms with E-state index < -0.39 is 5.60 Å². The smallest absolute Gasteiger partial charge is 0.410 e. The number of nitrogens with one attached hydrogen (secondary N) is 1. The number of likely N-dealkylation sites (tertiary alicyclic amines) is 1. The molecule has 3 rings (SSSR count). The second kappa shape index (κ2) is 9.54. The lowest BCUT2D eigenvalue weighted by molar-refractivity contribution is -0.114. The highest BCUT2D eigenvalue weighted by molar-refractivity contribution is 5.98. The molecule has 0 saturated carbocycles. The molecule has 0 unspecified atom stereocenters. The Bertz CT molecular complexity index is 963. The molecule has 168 valence electrons. The van der Waals surface area contributed by atoms with Crippen LogP contribution in [0.5, 0.6) is 0 Å². The molecule has 2 heterocycles. The minimum absolute atomic E-state index is 0.123. The van der Waals surface area contributed by atoms with Crippen molar-refractivity contribution in [2.24, 2.45) is 5.92 Å². The molecule has 1 aliphatic rings. The molecule has 1 aromatic carbocycles. The minimum Gasteiger partial charge on any atom is -0.444 e. The number of aromatic nitrogens is 1. The SMILES string of the molecule is C/C=C/c1c(NC(C)=O)ccc2c(CCC3CCN(C(=O)OC(C)(C)C)CC3)noc12. The number of anilines is 1. The molecule has 1 fully saturated rings. The van der Waals surface area contributed by atoms with Crippen molar-refractivity contribution in [3.8, 4) is 0 Å². The summed E-state index contributed by atoms with van der Waals surface area (Å²) in [6.45, 7) is 10.5. The van der Waals surface area contributed by atoms with Gasteiger partial charge in [0, 0.05) is 31.0 Å². The molecule has 7 heteroatoms. The van der Waals surface area contributed by atoms with Crippen molar-refractivity contribution in [1.29, 1.82) is 0 Å². The highest BCUT2D eigenvalue weighted by Crippen LogP contribution is 2.32. The number of aryl methyl sites for hydroxylation is 1. The second-order valence-electron chi connectivity index (χ2n) is 9.16. The van der Waals surface area contributed by atoms with Crippen LogP contribution in [0.1, 0.15) is 65.1 Å². The summed E-state index contributed by atoms with van der Waals surface area (Å²) < 4.78 is 11.1. The first-order valence-electron chi connectivity index (χ1n) is 11.0. The van der Waals surface area contributed by atoms with E-state index >= 15 is 0 Å². The Morgan fingerprint density at radius 1 is 1.29 bits per heavy atom. The zero-order valence-electron chi connectivity index (χ0n) is 19.2. The molecule has 1 aromatic heterocycles. The van der Waals surface area contributed by atoms with Crippen LogP contribution in [0.2, 0.25) is 0 Å². The maximum atomic E-state index is 12.2. The number of ether oxygens (including phenoxy) is 1. The van der Waals surface area contributed by atoms with Gasteiger partial charge in [0.25, 0.3) is 0 Å². The van der Waals surface area contributed by atoms with Gasteiger partial charge in [-0.1, -0.05) is 17.3 Å². The van der Waals surface area contributed by atoms with Gasteiger partial charge in [-0.05, 0) is 71.4 Å². The summed E-state index contributed by atoms with van der Waals surface area (Å²) in [5.74, 6) is 0.418. The Hall–Kier alpha value is -2.83. The van der Waals surface area contributed by atoms with Gasteiger partial charge in [-0.25, -0.2) is 4.79 Å². The van der Waals surface area contributed by atoms with Gasteiger partial charge in [-0.15, -0.1) is 0 Å². The number of carbonyl (C=O) groups is 2. The van der Waals surface area contributed by atoms with Crippen LogP contribution in [-0.2, 0) is 16.0 Å². The number of nitrogens with zero attached hydrogens (tertiary/aromatic N) is 2. The van der Waals surface area contributed by atoms with Gasteiger partial charge in [-0.2, -0.15) is 0 Å². The average Bonchev–Trinajstić information content (AvgIpc) is 3.10. The lowest BCUT2D eigenvalue weighted by Crippen LogP contribution is -2.41. The largest absolute Gasteiger partial charge is 0.444 e. The molecule has 31 heavy (non-hydrogen) atoms. The Morgan fingerprint density at radius 2 is 2.00 bits per heavy atom. The number of rotatable bonds is 5. The number of fused-ring (bicyclic) bond motifs is 1. The van der Waals surface area contributed by atoms with Crippen LogP contribution in [-0.4, -0.2) is 40.7 Å². The lowest BCUT2D eigenvalue weighted by Gasteiger charge is -2.33. The van der Waals surface area contributed by atoms with E-state index in [4.69, 9.17) is 9.26 Å². The Labute approximate surface area is 183 Å². The molecule has 1 aliphatic heterocycles. The fraction of sp³-hybridized carbons (Fsp3) is 0.542. The van der Waals surface area contributed by atoms with Crippen LogP contribution >= 0.6 is 0 Å². The number of hydrogen-bond donors (Lipinski definition) is 1. The van der Waals surface area contributed by atoms with Crippen molar-refractivity contribution in [3.05, 3.63) is 29.5 Å². The van der Waals surface area contributed by atoms with Gasteiger partial charge in [-0.3, -0.25) is 4.79 Å². The molecule has 0 spiro atoms. The quantitative estimate of drug-likeness (QED) is 0.691. The van der Waals surface area contributed by atoms with Gasteiger partial charge in [0.2, 0.25) is 5.91 Å². The maximum Gasteiger partial charge on any atom is 0.410 e. The van der Waals surface area contributed by atoms with Crippen molar-refractivity contribution in [1.82, 2.24) is 10.1 Å². The summed E-state index contributed by atoms with van der Waals surface area (Å²) >= 11 is 0. The van der Waals surface area contributed by atoms with Crippen LogP contribution < -0.4 is 5.32 Å². The van der Waals surface area contributed by atoms with Crippen LogP contribution in [0, 0.1) is 5.92 Å². The fourth-order valence-corrected chi connectivity index (χ4v) is 3.96. The van der Waals surface area contributed by atoms with E-state index in [0.717, 1.165) is 61.1 Å².